The number of nitrogens with zero attached hydrogens (tertiary/aromatic N) is 2. The number of benzene rings is 1. The molecule has 0 unspecified atom stereocenters. The van der Waals surface area contributed by atoms with Crippen LogP contribution >= 0.6 is 0 Å². The van der Waals surface area contributed by atoms with Crippen molar-refractivity contribution in [3.05, 3.63) is 72.3 Å². The fourth-order valence-corrected chi connectivity index (χ4v) is 2.37. The summed E-state index contributed by atoms with van der Waals surface area (Å²) in [6.07, 6.45) is 3.67. The molecule has 5 heteroatoms. The van der Waals surface area contributed by atoms with Crippen LogP contribution in [0.2, 0.25) is 0 Å². The Balaban J connectivity index is 2.10. The van der Waals surface area contributed by atoms with Gasteiger partial charge in [0.05, 0.1) is 6.54 Å². The number of hydrogen-bond donors (Lipinski definition) is 1. The Kier molecular flexibility index (Phi) is 5.97. The van der Waals surface area contributed by atoms with E-state index in [1.54, 1.807) is 23.1 Å². The molecule has 0 saturated heterocycles. The monoisotopic (exact) mass is 315 g/mol. The van der Waals surface area contributed by atoms with Gasteiger partial charge in [-0.25, -0.2) is 9.18 Å². The third-order valence-electron chi connectivity index (χ3n) is 3.51. The van der Waals surface area contributed by atoms with Gasteiger partial charge in [0.1, 0.15) is 5.82 Å². The van der Waals surface area contributed by atoms with Gasteiger partial charge in [-0.15, -0.1) is 6.58 Å². The number of nitrogens with one attached hydrogen (secondary N) is 1. The lowest BCUT2D eigenvalue weighted by atomic mass is 10.2. The van der Waals surface area contributed by atoms with Crippen LogP contribution < -0.4 is 5.32 Å². The second-order valence-electron chi connectivity index (χ2n) is 5.26. The number of rotatable bonds is 7. The van der Waals surface area contributed by atoms with Crippen molar-refractivity contribution in [1.82, 2.24) is 14.8 Å². The van der Waals surface area contributed by atoms with Gasteiger partial charge >= 0.3 is 6.03 Å². The molecular weight excluding hydrogens is 293 g/mol. The molecule has 0 radical (unpaired) electrons. The highest BCUT2D eigenvalue weighted by atomic mass is 19.1. The molecule has 0 aliphatic heterocycles. The molecule has 2 amide bonds. The lowest BCUT2D eigenvalue weighted by molar-refractivity contribution is 0.200. The first-order valence-electron chi connectivity index (χ1n) is 7.66. The predicted octanol–water partition coefficient (Wildman–Crippen LogP) is 3.39. The summed E-state index contributed by atoms with van der Waals surface area (Å²) in [7, 11) is 0. The molecule has 1 aromatic carbocycles. The SMILES string of the molecule is C=CCN(Cc1cccn1Cc1ccc(F)cc1)C(=O)NCC. The zero-order chi connectivity index (χ0) is 16.7. The second-order valence-corrected chi connectivity index (χ2v) is 5.26. The molecule has 0 fully saturated rings. The van der Waals surface area contributed by atoms with Gasteiger partial charge in [0.2, 0.25) is 0 Å². The lowest BCUT2D eigenvalue weighted by Crippen LogP contribution is -2.39. The summed E-state index contributed by atoms with van der Waals surface area (Å²) in [6, 6.07) is 10.3. The van der Waals surface area contributed by atoms with E-state index in [2.05, 4.69) is 16.5 Å². The minimum Gasteiger partial charge on any atom is -0.345 e. The Morgan fingerprint density at radius 1 is 1.35 bits per heavy atom. The van der Waals surface area contributed by atoms with Crippen LogP contribution in [0.25, 0.3) is 0 Å². The molecule has 23 heavy (non-hydrogen) atoms. The standard InChI is InChI=1S/C18H22FN3O/c1-3-11-22(18(23)20-4-2)14-17-6-5-12-21(17)13-15-7-9-16(19)10-8-15/h3,5-10,12H,1,4,11,13-14H2,2H3,(H,20,23). The average Bonchev–Trinajstić information content (AvgIpc) is 2.96. The molecule has 1 heterocycles. The smallest absolute Gasteiger partial charge is 0.318 e. The maximum absolute atomic E-state index is 13.0. The van der Waals surface area contributed by atoms with E-state index < -0.39 is 0 Å². The van der Waals surface area contributed by atoms with Crippen LogP contribution in [0.4, 0.5) is 9.18 Å². The first-order chi connectivity index (χ1) is 11.1. The molecule has 0 bridgehead atoms. The summed E-state index contributed by atoms with van der Waals surface area (Å²) in [6.45, 7) is 7.79. The Labute approximate surface area is 136 Å². The molecular formula is C18H22FN3O. The second kappa shape index (κ2) is 8.17. The predicted molar refractivity (Wildman–Crippen MR) is 89.6 cm³/mol. The fraction of sp³-hybridized carbons (Fsp3) is 0.278. The van der Waals surface area contributed by atoms with E-state index in [4.69, 9.17) is 0 Å². The Morgan fingerprint density at radius 3 is 2.74 bits per heavy atom. The maximum atomic E-state index is 13.0. The first-order valence-corrected chi connectivity index (χ1v) is 7.66. The molecule has 0 aliphatic rings. The Bertz CT molecular complexity index is 649. The highest BCUT2D eigenvalue weighted by molar-refractivity contribution is 5.74. The number of hydrogen-bond acceptors (Lipinski definition) is 1. The molecule has 0 saturated carbocycles. The highest BCUT2D eigenvalue weighted by Crippen LogP contribution is 2.11. The van der Waals surface area contributed by atoms with Gasteiger partial charge in [-0.2, -0.15) is 0 Å². The number of carbonyl (C=O) groups excluding carboxylic acids is 1. The van der Waals surface area contributed by atoms with Crippen molar-refractivity contribution in [1.29, 1.82) is 0 Å². The van der Waals surface area contributed by atoms with Crippen LogP contribution in [0.1, 0.15) is 18.2 Å². The number of halogens is 1. The van der Waals surface area contributed by atoms with Crippen molar-refractivity contribution in [2.45, 2.75) is 20.0 Å². The molecule has 0 spiro atoms. The average molecular weight is 315 g/mol. The molecule has 122 valence electrons. The van der Waals surface area contributed by atoms with Crippen LogP contribution in [-0.2, 0) is 13.1 Å². The minimum atomic E-state index is -0.241. The van der Waals surface area contributed by atoms with Crippen molar-refractivity contribution in [3.8, 4) is 0 Å². The Hall–Kier alpha value is -2.56. The van der Waals surface area contributed by atoms with Gasteiger partial charge in [-0.3, -0.25) is 0 Å². The van der Waals surface area contributed by atoms with Gasteiger partial charge in [-0.05, 0) is 36.8 Å². The molecule has 1 N–H and O–H groups in total. The quantitative estimate of drug-likeness (QED) is 0.781. The first kappa shape index (κ1) is 16.8. The molecule has 4 nitrogen and oxygen atoms in total. The van der Waals surface area contributed by atoms with E-state index in [0.29, 0.717) is 26.2 Å². The summed E-state index contributed by atoms with van der Waals surface area (Å²) in [4.78, 5) is 13.8. The van der Waals surface area contributed by atoms with E-state index in [1.165, 1.54) is 12.1 Å². The largest absolute Gasteiger partial charge is 0.345 e. The molecule has 0 aliphatic carbocycles. The van der Waals surface area contributed by atoms with Gasteiger partial charge in [0.25, 0.3) is 0 Å². The molecule has 0 atom stereocenters. The van der Waals surface area contributed by atoms with Crippen molar-refractivity contribution >= 4 is 6.03 Å². The number of aromatic nitrogens is 1. The summed E-state index contributed by atoms with van der Waals surface area (Å²) < 4.78 is 15.1. The maximum Gasteiger partial charge on any atom is 0.318 e. The molecule has 2 aromatic rings. The van der Waals surface area contributed by atoms with Gasteiger partial charge in [-0.1, -0.05) is 18.2 Å². The van der Waals surface area contributed by atoms with E-state index >= 15 is 0 Å². The van der Waals surface area contributed by atoms with Gasteiger partial charge < -0.3 is 14.8 Å². The third-order valence-corrected chi connectivity index (χ3v) is 3.51. The van der Waals surface area contributed by atoms with Crippen molar-refractivity contribution < 1.29 is 9.18 Å². The number of amides is 2. The summed E-state index contributed by atoms with van der Waals surface area (Å²) in [5, 5.41) is 2.81. The number of carbonyl (C=O) groups is 1. The summed E-state index contributed by atoms with van der Waals surface area (Å²) in [5.41, 5.74) is 2.03. The van der Waals surface area contributed by atoms with Crippen molar-refractivity contribution in [3.63, 3.8) is 0 Å². The Morgan fingerprint density at radius 2 is 2.09 bits per heavy atom. The van der Waals surface area contributed by atoms with Crippen molar-refractivity contribution in [2.24, 2.45) is 0 Å². The lowest BCUT2D eigenvalue weighted by Gasteiger charge is -2.22. The topological polar surface area (TPSA) is 37.3 Å². The van der Waals surface area contributed by atoms with E-state index in [-0.39, 0.29) is 11.8 Å². The van der Waals surface area contributed by atoms with E-state index in [9.17, 15) is 9.18 Å². The number of urea groups is 1. The highest BCUT2D eigenvalue weighted by Gasteiger charge is 2.13. The van der Waals surface area contributed by atoms with Crippen LogP contribution in [0.15, 0.2) is 55.3 Å². The summed E-state index contributed by atoms with van der Waals surface area (Å²) >= 11 is 0. The summed E-state index contributed by atoms with van der Waals surface area (Å²) in [5.74, 6) is -0.241. The van der Waals surface area contributed by atoms with Crippen LogP contribution in [0, 0.1) is 5.82 Å². The van der Waals surface area contributed by atoms with Crippen LogP contribution in [0.5, 0.6) is 0 Å². The minimum absolute atomic E-state index is 0.109. The fourth-order valence-electron chi connectivity index (χ4n) is 2.37. The van der Waals surface area contributed by atoms with Gasteiger partial charge in [0.15, 0.2) is 0 Å². The third kappa shape index (κ3) is 4.71. The van der Waals surface area contributed by atoms with E-state index in [0.717, 1.165) is 11.3 Å². The van der Waals surface area contributed by atoms with Crippen LogP contribution in [-0.4, -0.2) is 28.6 Å². The van der Waals surface area contributed by atoms with Gasteiger partial charge in [0, 0.05) is 31.5 Å². The molecule has 1 aromatic heterocycles. The zero-order valence-corrected chi connectivity index (χ0v) is 13.3. The zero-order valence-electron chi connectivity index (χ0n) is 13.3. The van der Waals surface area contributed by atoms with Crippen molar-refractivity contribution in [2.75, 3.05) is 13.1 Å². The van der Waals surface area contributed by atoms with E-state index in [1.807, 2.05) is 25.3 Å². The normalized spacial score (nSPS) is 10.3. The molecule has 2 rings (SSSR count). The van der Waals surface area contributed by atoms with Crippen LogP contribution in [0.3, 0.4) is 0 Å².